The number of H-pyrrole nitrogens is 1. The Morgan fingerprint density at radius 2 is 2.17 bits per heavy atom. The van der Waals surface area contributed by atoms with Crippen molar-refractivity contribution in [1.82, 2.24) is 9.97 Å². The number of rotatable bonds is 2. The number of nitrogens with zero attached hydrogens (tertiary/aromatic N) is 2. The van der Waals surface area contributed by atoms with Crippen LogP contribution in [0.2, 0.25) is 0 Å². The highest BCUT2D eigenvalue weighted by molar-refractivity contribution is 5.74. The summed E-state index contributed by atoms with van der Waals surface area (Å²) in [5.74, 6) is -0.347. The van der Waals surface area contributed by atoms with Gasteiger partial charge in [-0.2, -0.15) is 0 Å². The SMILES string of the molecule is CC1(C(=O)O)CCN(c2nc[nH]c(=O)c2N)CC1. The number of aromatic nitrogens is 2. The van der Waals surface area contributed by atoms with E-state index in [1.54, 1.807) is 6.92 Å². The molecule has 1 aromatic heterocycles. The highest BCUT2D eigenvalue weighted by Gasteiger charge is 2.37. The molecule has 1 fully saturated rings. The molecule has 7 heteroatoms. The second-order valence-electron chi connectivity index (χ2n) is 4.82. The molecule has 18 heavy (non-hydrogen) atoms. The van der Waals surface area contributed by atoms with Gasteiger partial charge in [-0.05, 0) is 19.8 Å². The second kappa shape index (κ2) is 4.32. The van der Waals surface area contributed by atoms with Gasteiger partial charge in [-0.25, -0.2) is 4.98 Å². The van der Waals surface area contributed by atoms with Crippen molar-refractivity contribution in [1.29, 1.82) is 0 Å². The van der Waals surface area contributed by atoms with Crippen molar-refractivity contribution in [2.45, 2.75) is 19.8 Å². The molecule has 1 aliphatic rings. The van der Waals surface area contributed by atoms with Crippen LogP contribution in [0.25, 0.3) is 0 Å². The van der Waals surface area contributed by atoms with Gasteiger partial charge in [-0.15, -0.1) is 0 Å². The summed E-state index contributed by atoms with van der Waals surface area (Å²) in [4.78, 5) is 30.8. The molecule has 1 aliphatic heterocycles. The van der Waals surface area contributed by atoms with Crippen LogP contribution < -0.4 is 16.2 Å². The van der Waals surface area contributed by atoms with Crippen molar-refractivity contribution in [2.24, 2.45) is 5.41 Å². The summed E-state index contributed by atoms with van der Waals surface area (Å²) < 4.78 is 0. The molecule has 0 aliphatic carbocycles. The van der Waals surface area contributed by atoms with Crippen molar-refractivity contribution in [3.63, 3.8) is 0 Å². The lowest BCUT2D eigenvalue weighted by Gasteiger charge is -2.37. The smallest absolute Gasteiger partial charge is 0.309 e. The third-order valence-corrected chi connectivity index (χ3v) is 3.55. The number of aromatic amines is 1. The Morgan fingerprint density at radius 1 is 1.56 bits per heavy atom. The number of nitrogens with two attached hydrogens (primary N) is 1. The lowest BCUT2D eigenvalue weighted by atomic mass is 9.80. The van der Waals surface area contributed by atoms with E-state index in [-0.39, 0.29) is 11.2 Å². The average molecular weight is 252 g/mol. The van der Waals surface area contributed by atoms with Gasteiger partial charge in [0.25, 0.3) is 5.56 Å². The van der Waals surface area contributed by atoms with Gasteiger partial charge in [-0.3, -0.25) is 9.59 Å². The Morgan fingerprint density at radius 3 is 2.72 bits per heavy atom. The molecule has 0 spiro atoms. The Hall–Kier alpha value is -2.05. The number of carboxylic acid groups (broad SMARTS) is 1. The largest absolute Gasteiger partial charge is 0.481 e. The van der Waals surface area contributed by atoms with Crippen LogP contribution >= 0.6 is 0 Å². The topological polar surface area (TPSA) is 112 Å². The average Bonchev–Trinajstić information content (AvgIpc) is 2.34. The molecule has 4 N–H and O–H groups in total. The van der Waals surface area contributed by atoms with Crippen molar-refractivity contribution >= 4 is 17.5 Å². The van der Waals surface area contributed by atoms with Gasteiger partial charge in [0.05, 0.1) is 11.7 Å². The van der Waals surface area contributed by atoms with E-state index in [9.17, 15) is 9.59 Å². The number of carbonyl (C=O) groups is 1. The van der Waals surface area contributed by atoms with E-state index in [1.165, 1.54) is 6.33 Å². The predicted molar refractivity (Wildman–Crippen MR) is 66.5 cm³/mol. The van der Waals surface area contributed by atoms with Gasteiger partial charge < -0.3 is 20.7 Å². The zero-order valence-electron chi connectivity index (χ0n) is 10.1. The van der Waals surface area contributed by atoms with E-state index in [0.717, 1.165) is 0 Å². The summed E-state index contributed by atoms with van der Waals surface area (Å²) in [6, 6.07) is 0. The zero-order valence-corrected chi connectivity index (χ0v) is 10.1. The van der Waals surface area contributed by atoms with Gasteiger partial charge >= 0.3 is 5.97 Å². The number of hydrogen-bond acceptors (Lipinski definition) is 5. The number of anilines is 2. The maximum absolute atomic E-state index is 11.4. The molecule has 98 valence electrons. The molecule has 7 nitrogen and oxygen atoms in total. The molecule has 0 bridgehead atoms. The standard InChI is InChI=1S/C11H16N4O3/c1-11(10(17)18)2-4-15(5-3-11)8-7(12)9(16)14-6-13-8/h6H,2-5,12H2,1H3,(H,17,18)(H,13,14,16). The molecular weight excluding hydrogens is 236 g/mol. The minimum Gasteiger partial charge on any atom is -0.481 e. The highest BCUT2D eigenvalue weighted by Crippen LogP contribution is 2.33. The molecular formula is C11H16N4O3. The second-order valence-corrected chi connectivity index (χ2v) is 4.82. The van der Waals surface area contributed by atoms with Crippen molar-refractivity contribution in [2.75, 3.05) is 23.7 Å². The summed E-state index contributed by atoms with van der Waals surface area (Å²) in [5.41, 5.74) is 4.69. The van der Waals surface area contributed by atoms with Gasteiger partial charge in [0.15, 0.2) is 5.82 Å². The molecule has 2 rings (SSSR count). The molecule has 0 aromatic carbocycles. The minimum atomic E-state index is -0.783. The number of nitrogen functional groups attached to an aromatic ring is 1. The molecule has 0 amide bonds. The number of piperidine rings is 1. The molecule has 0 unspecified atom stereocenters. The molecule has 0 atom stereocenters. The molecule has 0 saturated carbocycles. The predicted octanol–water partition coefficient (Wildman–Crippen LogP) is 0.0432. The van der Waals surface area contributed by atoms with Crippen molar-refractivity contribution < 1.29 is 9.90 Å². The minimum absolute atomic E-state index is 0.0800. The van der Waals surface area contributed by atoms with Gasteiger partial charge in [-0.1, -0.05) is 0 Å². The van der Waals surface area contributed by atoms with Crippen LogP contribution in [-0.4, -0.2) is 34.1 Å². The van der Waals surface area contributed by atoms with E-state index in [0.29, 0.717) is 31.7 Å². The first-order valence-electron chi connectivity index (χ1n) is 5.75. The number of hydrogen-bond donors (Lipinski definition) is 3. The fourth-order valence-electron chi connectivity index (χ4n) is 2.08. The van der Waals surface area contributed by atoms with E-state index >= 15 is 0 Å². The van der Waals surface area contributed by atoms with Crippen LogP contribution in [0.5, 0.6) is 0 Å². The Kier molecular flexibility index (Phi) is 2.98. The van der Waals surface area contributed by atoms with Crippen LogP contribution in [-0.2, 0) is 4.79 Å². The van der Waals surface area contributed by atoms with Crippen LogP contribution in [0.4, 0.5) is 11.5 Å². The van der Waals surface area contributed by atoms with Crippen LogP contribution in [0, 0.1) is 5.41 Å². The first-order chi connectivity index (χ1) is 8.44. The highest BCUT2D eigenvalue weighted by atomic mass is 16.4. The quantitative estimate of drug-likeness (QED) is 0.685. The molecule has 2 heterocycles. The summed E-state index contributed by atoms with van der Waals surface area (Å²) in [6.07, 6.45) is 2.32. The van der Waals surface area contributed by atoms with Crippen LogP contribution in [0.15, 0.2) is 11.1 Å². The third kappa shape index (κ3) is 2.03. The number of nitrogens with one attached hydrogen (secondary N) is 1. The molecule has 0 radical (unpaired) electrons. The van der Waals surface area contributed by atoms with Crippen molar-refractivity contribution in [3.8, 4) is 0 Å². The Bertz CT molecular complexity index is 517. The number of aliphatic carboxylic acids is 1. The van der Waals surface area contributed by atoms with E-state index in [2.05, 4.69) is 9.97 Å². The van der Waals surface area contributed by atoms with E-state index in [1.807, 2.05) is 4.90 Å². The lowest BCUT2D eigenvalue weighted by Crippen LogP contribution is -2.43. The molecule has 1 aromatic rings. The van der Waals surface area contributed by atoms with Gasteiger partial charge in [0, 0.05) is 13.1 Å². The van der Waals surface area contributed by atoms with Gasteiger partial charge in [0.2, 0.25) is 0 Å². The first-order valence-corrected chi connectivity index (χ1v) is 5.75. The van der Waals surface area contributed by atoms with Gasteiger partial charge in [0.1, 0.15) is 5.69 Å². The summed E-state index contributed by atoms with van der Waals surface area (Å²) in [7, 11) is 0. The first kappa shape index (κ1) is 12.4. The third-order valence-electron chi connectivity index (χ3n) is 3.55. The van der Waals surface area contributed by atoms with Crippen molar-refractivity contribution in [3.05, 3.63) is 16.7 Å². The van der Waals surface area contributed by atoms with Crippen LogP contribution in [0.3, 0.4) is 0 Å². The Labute approximate surface area is 104 Å². The monoisotopic (exact) mass is 252 g/mol. The fraction of sp³-hybridized carbons (Fsp3) is 0.545. The maximum atomic E-state index is 11.4. The normalized spacial score (nSPS) is 18.6. The zero-order chi connectivity index (χ0) is 13.3. The molecule has 1 saturated heterocycles. The maximum Gasteiger partial charge on any atom is 0.309 e. The summed E-state index contributed by atoms with van der Waals surface area (Å²) >= 11 is 0. The van der Waals surface area contributed by atoms with Crippen LogP contribution in [0.1, 0.15) is 19.8 Å². The van der Waals surface area contributed by atoms with E-state index in [4.69, 9.17) is 10.8 Å². The summed E-state index contributed by atoms with van der Waals surface area (Å²) in [6.45, 7) is 2.80. The fourth-order valence-corrected chi connectivity index (χ4v) is 2.08. The number of carboxylic acids is 1. The Balaban J connectivity index is 2.18. The summed E-state index contributed by atoms with van der Waals surface area (Å²) in [5, 5.41) is 9.14. The lowest BCUT2D eigenvalue weighted by molar-refractivity contribution is -0.149. The van der Waals surface area contributed by atoms with E-state index < -0.39 is 11.4 Å².